The molecule has 2 unspecified atom stereocenters. The maximum atomic E-state index is 13.4. The smallest absolute Gasteiger partial charge is 0.257 e. The first kappa shape index (κ1) is 40.9. The van der Waals surface area contributed by atoms with Crippen molar-refractivity contribution in [2.24, 2.45) is 0 Å². The van der Waals surface area contributed by atoms with Crippen LogP contribution in [-0.4, -0.2) is 48.7 Å². The van der Waals surface area contributed by atoms with Gasteiger partial charge < -0.3 is 14.4 Å². The Balaban J connectivity index is 4.25. The first-order valence-corrected chi connectivity index (χ1v) is 19.0. The number of unbranched alkanes of at least 4 members (excludes halogenated alkanes) is 22. The fraction of sp³-hybridized carbons (Fsp3) is 0.972. The summed E-state index contributed by atoms with van der Waals surface area (Å²) in [6.45, 7) is 7.96. The van der Waals surface area contributed by atoms with Crippen LogP contribution >= 0.6 is 15.9 Å². The molecule has 0 saturated carbocycles. The van der Waals surface area contributed by atoms with E-state index in [0.717, 1.165) is 19.3 Å². The van der Waals surface area contributed by atoms with E-state index >= 15 is 0 Å². The lowest BCUT2D eigenvalue weighted by molar-refractivity contribution is -0.171. The van der Waals surface area contributed by atoms with Gasteiger partial charge in [0.05, 0.1) is 0 Å². The lowest BCUT2D eigenvalue weighted by Gasteiger charge is -2.38. The van der Waals surface area contributed by atoms with Gasteiger partial charge in [0.2, 0.25) is 0 Å². The molecule has 246 valence electrons. The van der Waals surface area contributed by atoms with Gasteiger partial charge in [-0.15, -0.1) is 0 Å². The van der Waals surface area contributed by atoms with Crippen molar-refractivity contribution in [1.29, 1.82) is 0 Å². The normalized spacial score (nSPS) is 13.8. The van der Waals surface area contributed by atoms with Crippen molar-refractivity contribution in [3.05, 3.63) is 0 Å². The number of likely N-dealkylation sites (N-methyl/N-ethyl adjacent to an activating group) is 1. The molecule has 0 N–H and O–H groups in total. The van der Waals surface area contributed by atoms with E-state index in [1.165, 1.54) is 141 Å². The molecule has 0 aromatic heterocycles. The number of hydrogen-bond acceptors (Lipinski definition) is 3. The third-order valence-corrected chi connectivity index (χ3v) is 9.38. The van der Waals surface area contributed by atoms with Crippen LogP contribution in [0, 0.1) is 0 Å². The van der Waals surface area contributed by atoms with Gasteiger partial charge in [-0.3, -0.25) is 4.79 Å². The second-order valence-corrected chi connectivity index (χ2v) is 13.5. The summed E-state index contributed by atoms with van der Waals surface area (Å²) in [5, 5.41) is -0.421. The minimum atomic E-state index is -0.951. The predicted octanol–water partition coefficient (Wildman–Crippen LogP) is 11.8. The molecule has 0 radical (unpaired) electrons. The lowest BCUT2D eigenvalue weighted by Crippen LogP contribution is -2.55. The minimum absolute atomic E-state index is 0.00913. The van der Waals surface area contributed by atoms with Crippen LogP contribution in [0.4, 0.5) is 0 Å². The van der Waals surface area contributed by atoms with Crippen LogP contribution < -0.4 is 0 Å². The molecule has 0 aliphatic rings. The molecule has 5 heteroatoms. The first-order chi connectivity index (χ1) is 20.0. The molecule has 1 amide bonds. The zero-order valence-corrected chi connectivity index (χ0v) is 30.0. The van der Waals surface area contributed by atoms with Crippen LogP contribution in [0.25, 0.3) is 0 Å². The second-order valence-electron chi connectivity index (χ2n) is 12.7. The third kappa shape index (κ3) is 22.1. The maximum absolute atomic E-state index is 13.4. The summed E-state index contributed by atoms with van der Waals surface area (Å²) in [6, 6.07) is 0. The van der Waals surface area contributed by atoms with E-state index in [0.29, 0.717) is 19.6 Å². The summed E-state index contributed by atoms with van der Waals surface area (Å²) in [6.07, 6.45) is 33.3. The standard InChI is InChI=1S/C36H72BrNO3/c1-6-9-11-13-15-17-19-21-23-25-27-29-32-40-34(37)36(31-8-3,35(39)38(4)5)41-33-30-28-26-24-22-20-18-16-14-12-10-7-2/h34H,6-33H2,1-5H3. The van der Waals surface area contributed by atoms with Crippen LogP contribution in [0.2, 0.25) is 0 Å². The molecule has 0 aromatic rings. The van der Waals surface area contributed by atoms with Gasteiger partial charge in [-0.05, 0) is 19.3 Å². The lowest BCUT2D eigenvalue weighted by atomic mass is 9.96. The molecular formula is C36H72BrNO3. The van der Waals surface area contributed by atoms with Gasteiger partial charge in [0.15, 0.2) is 5.60 Å². The highest BCUT2D eigenvalue weighted by Gasteiger charge is 2.47. The molecule has 0 heterocycles. The van der Waals surface area contributed by atoms with Crippen molar-refractivity contribution >= 4 is 21.8 Å². The van der Waals surface area contributed by atoms with Crippen molar-refractivity contribution in [3.8, 4) is 0 Å². The summed E-state index contributed by atoms with van der Waals surface area (Å²) in [5.74, 6) is 0.00913. The highest BCUT2D eigenvalue weighted by atomic mass is 79.9. The molecule has 0 bridgehead atoms. The Morgan fingerprint density at radius 3 is 1.24 bits per heavy atom. The van der Waals surface area contributed by atoms with Crippen molar-refractivity contribution in [2.45, 2.75) is 198 Å². The molecule has 0 fully saturated rings. The zero-order valence-electron chi connectivity index (χ0n) is 28.4. The third-order valence-electron chi connectivity index (χ3n) is 8.38. The number of alkyl halides is 1. The first-order valence-electron chi connectivity index (χ1n) is 18.1. The largest absolute Gasteiger partial charge is 0.363 e. The summed E-state index contributed by atoms with van der Waals surface area (Å²) in [7, 11) is 3.65. The summed E-state index contributed by atoms with van der Waals surface area (Å²) >= 11 is 3.75. The molecule has 0 spiro atoms. The van der Waals surface area contributed by atoms with Crippen LogP contribution in [0.3, 0.4) is 0 Å². The van der Waals surface area contributed by atoms with Crippen molar-refractivity contribution in [2.75, 3.05) is 27.3 Å². The molecule has 0 saturated heterocycles. The van der Waals surface area contributed by atoms with Crippen LogP contribution in [0.15, 0.2) is 0 Å². The second kappa shape index (κ2) is 29.9. The number of rotatable bonds is 32. The fourth-order valence-corrected chi connectivity index (χ4v) is 6.47. The van der Waals surface area contributed by atoms with Gasteiger partial charge in [-0.2, -0.15) is 0 Å². The SMILES string of the molecule is CCCCCCCCCCCCCCOC(Br)C(CCC)(OCCCCCCCCCCCCCC)C(=O)N(C)C. The molecule has 0 aliphatic heterocycles. The average molecular weight is 647 g/mol. The van der Waals surface area contributed by atoms with E-state index in [-0.39, 0.29) is 5.91 Å². The Morgan fingerprint density at radius 2 is 0.902 bits per heavy atom. The van der Waals surface area contributed by atoms with Gasteiger partial charge in [-0.1, -0.05) is 184 Å². The van der Waals surface area contributed by atoms with Crippen LogP contribution in [0.5, 0.6) is 0 Å². The molecule has 0 aromatic carbocycles. The van der Waals surface area contributed by atoms with E-state index in [4.69, 9.17) is 9.47 Å². The Morgan fingerprint density at radius 1 is 0.561 bits per heavy atom. The average Bonchev–Trinajstić information content (AvgIpc) is 2.96. The molecule has 0 rings (SSSR count). The molecule has 41 heavy (non-hydrogen) atoms. The van der Waals surface area contributed by atoms with E-state index in [9.17, 15) is 4.79 Å². The van der Waals surface area contributed by atoms with Crippen molar-refractivity contribution in [3.63, 3.8) is 0 Å². The molecule has 2 atom stereocenters. The van der Waals surface area contributed by atoms with E-state index < -0.39 is 10.6 Å². The number of carbonyl (C=O) groups is 1. The van der Waals surface area contributed by atoms with Crippen molar-refractivity contribution < 1.29 is 14.3 Å². The number of amides is 1. The Hall–Kier alpha value is -0.130. The van der Waals surface area contributed by atoms with E-state index in [1.807, 2.05) is 14.1 Å². The van der Waals surface area contributed by atoms with Gasteiger partial charge >= 0.3 is 0 Å². The Bertz CT molecular complexity index is 559. The number of ether oxygens (including phenoxy) is 2. The number of nitrogens with zero attached hydrogens (tertiary/aromatic N) is 1. The fourth-order valence-electron chi connectivity index (χ4n) is 5.73. The van der Waals surface area contributed by atoms with Gasteiger partial charge in [0, 0.05) is 27.3 Å². The molecule has 0 aliphatic carbocycles. The molecule has 4 nitrogen and oxygen atoms in total. The van der Waals surface area contributed by atoms with Gasteiger partial charge in [-0.25, -0.2) is 0 Å². The number of carbonyl (C=O) groups excluding carboxylic acids is 1. The number of halogens is 1. The van der Waals surface area contributed by atoms with Crippen LogP contribution in [0.1, 0.15) is 188 Å². The highest BCUT2D eigenvalue weighted by molar-refractivity contribution is 9.09. The predicted molar refractivity (Wildman–Crippen MR) is 183 cm³/mol. The Labute approximate surface area is 266 Å². The minimum Gasteiger partial charge on any atom is -0.363 e. The summed E-state index contributed by atoms with van der Waals surface area (Å²) < 4.78 is 12.7. The van der Waals surface area contributed by atoms with Gasteiger partial charge in [0.25, 0.3) is 5.91 Å². The quantitative estimate of drug-likeness (QED) is 0.0539. The summed E-state index contributed by atoms with van der Waals surface area (Å²) in [5.41, 5.74) is -0.951. The molecular weight excluding hydrogens is 574 g/mol. The van der Waals surface area contributed by atoms with Crippen LogP contribution in [-0.2, 0) is 14.3 Å². The zero-order chi connectivity index (χ0) is 30.4. The highest BCUT2D eigenvalue weighted by Crippen LogP contribution is 2.32. The summed E-state index contributed by atoms with van der Waals surface area (Å²) in [4.78, 5) is 15.0. The number of hydrogen-bond donors (Lipinski definition) is 0. The van der Waals surface area contributed by atoms with E-state index in [1.54, 1.807) is 4.90 Å². The van der Waals surface area contributed by atoms with E-state index in [2.05, 4.69) is 36.7 Å². The Kier molecular flexibility index (Phi) is 29.8. The topological polar surface area (TPSA) is 38.8 Å². The van der Waals surface area contributed by atoms with Gasteiger partial charge in [0.1, 0.15) is 5.01 Å². The monoisotopic (exact) mass is 645 g/mol. The maximum Gasteiger partial charge on any atom is 0.257 e. The van der Waals surface area contributed by atoms with Crippen molar-refractivity contribution in [1.82, 2.24) is 4.90 Å².